The van der Waals surface area contributed by atoms with E-state index in [1.54, 1.807) is 30.6 Å². The largest absolute Gasteiger partial charge is 0.494 e. The molecule has 1 aromatic heterocycles. The number of amidine groups is 2. The molecule has 2 aromatic carbocycles. The molecule has 6 N–H and O–H groups in total. The Bertz CT molecular complexity index is 1650. The smallest absolute Gasteiger partial charge is 0.303 e. The number of ether oxygens (including phenoxy) is 4. The number of rotatable bonds is 25. The summed E-state index contributed by atoms with van der Waals surface area (Å²) in [6.07, 6.45) is 9.25. The summed E-state index contributed by atoms with van der Waals surface area (Å²) in [6.45, 7) is 7.25. The number of pyridine rings is 1. The second-order valence-electron chi connectivity index (χ2n) is 14.1. The van der Waals surface area contributed by atoms with Crippen molar-refractivity contribution in [3.63, 3.8) is 0 Å². The fraction of sp³-hybridized carbons (Fsp3) is 0.500. The zero-order valence-electron chi connectivity index (χ0n) is 32.8. The second kappa shape index (κ2) is 23.9. The number of anilines is 1. The number of unbranched alkanes of at least 4 members (excludes halogenated alkanes) is 3. The van der Waals surface area contributed by atoms with Crippen molar-refractivity contribution in [3.05, 3.63) is 89.7 Å². The van der Waals surface area contributed by atoms with Gasteiger partial charge in [0.15, 0.2) is 0 Å². The van der Waals surface area contributed by atoms with Crippen molar-refractivity contribution in [2.75, 3.05) is 71.7 Å². The second-order valence-corrected chi connectivity index (χ2v) is 14.1. The molecule has 4 rings (SSSR count). The molecular weight excluding hydrogens is 715 g/mol. The maximum absolute atomic E-state index is 13.4. The quantitative estimate of drug-likeness (QED) is 0.0342. The topological polar surface area (TPSA) is 191 Å². The number of carboxylic acids is 1. The highest BCUT2D eigenvalue weighted by Crippen LogP contribution is 2.28. The molecule has 1 saturated heterocycles. The first-order valence-corrected chi connectivity index (χ1v) is 19.6. The van der Waals surface area contributed by atoms with Gasteiger partial charge in [-0.15, -0.1) is 0 Å². The third-order valence-corrected chi connectivity index (χ3v) is 9.65. The molecule has 56 heavy (non-hydrogen) atoms. The minimum atomic E-state index is -0.809. The first-order valence-electron chi connectivity index (χ1n) is 19.6. The Kier molecular flexibility index (Phi) is 18.7. The van der Waals surface area contributed by atoms with E-state index >= 15 is 0 Å². The summed E-state index contributed by atoms with van der Waals surface area (Å²) in [4.78, 5) is 30.1. The summed E-state index contributed by atoms with van der Waals surface area (Å²) >= 11 is 0. The van der Waals surface area contributed by atoms with Crippen molar-refractivity contribution in [1.29, 1.82) is 10.8 Å². The minimum absolute atomic E-state index is 0.120. The Morgan fingerprint density at radius 3 is 2.11 bits per heavy atom. The molecule has 0 bridgehead atoms. The van der Waals surface area contributed by atoms with Crippen LogP contribution in [0.15, 0.2) is 73.1 Å². The van der Waals surface area contributed by atoms with Gasteiger partial charge in [0.1, 0.15) is 17.4 Å². The number of aliphatic carboxylic acids is 1. The first-order chi connectivity index (χ1) is 27.1. The number of hydrogen-bond donors (Lipinski definition) is 6. The summed E-state index contributed by atoms with van der Waals surface area (Å²) in [5, 5.41) is 35.9. The van der Waals surface area contributed by atoms with Crippen LogP contribution in [-0.4, -0.2) is 110 Å². The molecule has 0 spiro atoms. The third kappa shape index (κ3) is 15.3. The van der Waals surface area contributed by atoms with Crippen LogP contribution in [0.5, 0.6) is 5.75 Å². The van der Waals surface area contributed by atoms with Crippen LogP contribution < -0.4 is 20.7 Å². The highest BCUT2D eigenvalue weighted by atomic mass is 16.5. The number of carbonyl (C=O) groups excluding carboxylic acids is 1. The monoisotopic (exact) mass is 773 g/mol. The molecule has 14 nitrogen and oxygen atoms in total. The summed E-state index contributed by atoms with van der Waals surface area (Å²) < 4.78 is 22.3. The van der Waals surface area contributed by atoms with E-state index in [1.807, 2.05) is 49.4 Å². The van der Waals surface area contributed by atoms with Crippen molar-refractivity contribution < 1.29 is 33.6 Å². The van der Waals surface area contributed by atoms with E-state index in [1.165, 1.54) is 0 Å². The highest BCUT2D eigenvalue weighted by Gasteiger charge is 2.38. The lowest BCUT2D eigenvalue weighted by molar-refractivity contribution is -0.137. The van der Waals surface area contributed by atoms with Gasteiger partial charge < -0.3 is 44.9 Å². The molecule has 1 aliphatic heterocycles. The number of likely N-dealkylation sites (tertiary alicyclic amines) is 1. The number of amides is 1. The van der Waals surface area contributed by atoms with Crippen molar-refractivity contribution >= 4 is 29.2 Å². The van der Waals surface area contributed by atoms with E-state index < -0.39 is 11.5 Å². The number of carbonyl (C=O) groups is 2. The van der Waals surface area contributed by atoms with Gasteiger partial charge in [0.2, 0.25) is 0 Å². The normalized spacial score (nSPS) is 14.4. The summed E-state index contributed by atoms with van der Waals surface area (Å²) in [7, 11) is 2.06. The summed E-state index contributed by atoms with van der Waals surface area (Å²) in [6, 6.07) is 18.4. The number of carboxylic acid groups (broad SMARTS) is 1. The third-order valence-electron chi connectivity index (χ3n) is 9.65. The van der Waals surface area contributed by atoms with Gasteiger partial charge in [0.25, 0.3) is 5.91 Å². The molecule has 2 heterocycles. The van der Waals surface area contributed by atoms with E-state index in [9.17, 15) is 9.59 Å². The molecule has 1 atom stereocenters. The molecule has 0 aliphatic carbocycles. The lowest BCUT2D eigenvalue weighted by atomic mass is 9.85. The van der Waals surface area contributed by atoms with Gasteiger partial charge in [-0.05, 0) is 101 Å². The highest BCUT2D eigenvalue weighted by molar-refractivity contribution is 6.10. The maximum atomic E-state index is 13.4. The SMILES string of the molecule is C[C@@H](NC(=O)c1cccc(NC2(C(=N)NC(=N)c3ccncc3)CCN(C)CC2)c1)c1ccc(OCCCCCCOCCOCCOCCCC(=O)O)cc1. The number of benzene rings is 2. The maximum Gasteiger partial charge on any atom is 0.303 e. The number of piperidine rings is 1. The summed E-state index contributed by atoms with van der Waals surface area (Å²) in [5.41, 5.74) is 2.14. The predicted molar refractivity (Wildman–Crippen MR) is 217 cm³/mol. The number of nitrogens with zero attached hydrogens (tertiary/aromatic N) is 2. The molecule has 1 aliphatic rings. The van der Waals surface area contributed by atoms with Crippen LogP contribution >= 0.6 is 0 Å². The van der Waals surface area contributed by atoms with Gasteiger partial charge in [-0.1, -0.05) is 24.6 Å². The Labute approximate surface area is 330 Å². The molecule has 0 radical (unpaired) electrons. The van der Waals surface area contributed by atoms with E-state index in [0.29, 0.717) is 76.6 Å². The molecule has 0 saturated carbocycles. The molecule has 3 aromatic rings. The van der Waals surface area contributed by atoms with Crippen molar-refractivity contribution in [2.24, 2.45) is 0 Å². The lowest BCUT2D eigenvalue weighted by Gasteiger charge is -2.42. The Morgan fingerprint density at radius 1 is 0.821 bits per heavy atom. The number of nitrogens with one attached hydrogen (secondary N) is 5. The lowest BCUT2D eigenvalue weighted by Crippen LogP contribution is -2.58. The van der Waals surface area contributed by atoms with Crippen LogP contribution in [0, 0.1) is 10.8 Å². The van der Waals surface area contributed by atoms with Gasteiger partial charge in [0, 0.05) is 61.9 Å². The Balaban J connectivity index is 1.13. The number of aromatic nitrogens is 1. The minimum Gasteiger partial charge on any atom is -0.494 e. The van der Waals surface area contributed by atoms with Crippen molar-refractivity contribution in [3.8, 4) is 5.75 Å². The van der Waals surface area contributed by atoms with E-state index in [-0.39, 0.29) is 30.0 Å². The zero-order chi connectivity index (χ0) is 40.0. The van der Waals surface area contributed by atoms with E-state index in [0.717, 1.165) is 55.8 Å². The van der Waals surface area contributed by atoms with E-state index in [4.69, 9.17) is 34.9 Å². The van der Waals surface area contributed by atoms with Crippen molar-refractivity contribution in [2.45, 2.75) is 69.9 Å². The standard InChI is InChI=1S/C42H59N7O7/c1-32(33-12-14-37(15-13-33)56-26-6-4-3-5-24-53-27-29-55-30-28-54-25-8-11-38(50)51)46-40(52)35-9-7-10-36(31-35)48-42(18-22-49(2)23-19-42)41(44)47-39(43)34-16-20-45-21-17-34/h7,9-10,12-17,20-21,31-32,48H,3-6,8,11,18-19,22-30H2,1-2H3,(H,46,52)(H,50,51)(H3,43,44,47)/t32-/m1/s1. The predicted octanol–water partition coefficient (Wildman–Crippen LogP) is 5.90. The van der Waals surface area contributed by atoms with Crippen LogP contribution in [-0.2, 0) is 19.0 Å². The van der Waals surface area contributed by atoms with Gasteiger partial charge >= 0.3 is 5.97 Å². The molecule has 0 unspecified atom stereocenters. The molecular formula is C42H59N7O7. The van der Waals surface area contributed by atoms with Crippen LogP contribution in [0.25, 0.3) is 0 Å². The zero-order valence-corrected chi connectivity index (χ0v) is 32.8. The Morgan fingerprint density at radius 2 is 1.45 bits per heavy atom. The van der Waals surface area contributed by atoms with Crippen LogP contribution in [0.1, 0.15) is 85.8 Å². The van der Waals surface area contributed by atoms with Crippen molar-refractivity contribution in [1.82, 2.24) is 20.5 Å². The molecule has 1 amide bonds. The fourth-order valence-corrected chi connectivity index (χ4v) is 6.22. The summed E-state index contributed by atoms with van der Waals surface area (Å²) in [5.74, 6) is 0.145. The molecule has 304 valence electrons. The van der Waals surface area contributed by atoms with Gasteiger partial charge in [-0.3, -0.25) is 25.4 Å². The van der Waals surface area contributed by atoms with Crippen LogP contribution in [0.2, 0.25) is 0 Å². The van der Waals surface area contributed by atoms with Crippen LogP contribution in [0.3, 0.4) is 0 Å². The molecule has 14 heteroatoms. The van der Waals surface area contributed by atoms with E-state index in [2.05, 4.69) is 32.9 Å². The van der Waals surface area contributed by atoms with Gasteiger partial charge in [0.05, 0.1) is 44.6 Å². The first kappa shape index (κ1) is 43.8. The van der Waals surface area contributed by atoms with Gasteiger partial charge in [-0.25, -0.2) is 0 Å². The van der Waals surface area contributed by atoms with Crippen LogP contribution in [0.4, 0.5) is 5.69 Å². The molecule has 1 fully saturated rings. The Hall–Kier alpha value is -4.89. The average Bonchev–Trinajstić information content (AvgIpc) is 3.20. The average molecular weight is 774 g/mol. The fourth-order valence-electron chi connectivity index (χ4n) is 6.22. The van der Waals surface area contributed by atoms with Gasteiger partial charge in [-0.2, -0.15) is 0 Å². The number of hydrogen-bond acceptors (Lipinski definition) is 11.